The summed E-state index contributed by atoms with van der Waals surface area (Å²) in [5, 5.41) is 10.4. The van der Waals surface area contributed by atoms with Crippen molar-refractivity contribution in [2.75, 3.05) is 37.4 Å². The molecule has 1 aliphatic heterocycles. The molecule has 1 saturated heterocycles. The second-order valence-electron chi connectivity index (χ2n) is 4.99. The molecule has 19 heavy (non-hydrogen) atoms. The first-order valence-corrected chi connectivity index (χ1v) is 6.18. The number of aliphatic hydroxyl groups is 1. The number of nitrogens with zero attached hydrogens (tertiary/aromatic N) is 1. The van der Waals surface area contributed by atoms with Crippen LogP contribution in [0.2, 0.25) is 0 Å². The molecule has 0 spiro atoms. The van der Waals surface area contributed by atoms with Crippen molar-refractivity contribution in [2.45, 2.75) is 18.4 Å². The summed E-state index contributed by atoms with van der Waals surface area (Å²) in [6, 6.07) is 2.31. The fourth-order valence-corrected chi connectivity index (χ4v) is 2.37. The molecule has 2 rings (SSSR count). The highest BCUT2D eigenvalue weighted by Gasteiger charge is 2.32. The molecule has 3 N–H and O–H groups in total. The molecule has 6 heteroatoms. The minimum absolute atomic E-state index is 0.0140. The molecule has 0 atom stereocenters. The van der Waals surface area contributed by atoms with Gasteiger partial charge >= 0.3 is 0 Å². The topological polar surface area (TPSA) is 58.7 Å². The number of ether oxygens (including phenoxy) is 1. The molecule has 0 saturated carbocycles. The molecule has 4 nitrogen and oxygen atoms in total. The zero-order chi connectivity index (χ0) is 14.0. The predicted molar refractivity (Wildman–Crippen MR) is 69.0 cm³/mol. The van der Waals surface area contributed by atoms with Crippen LogP contribution in [-0.4, -0.2) is 37.5 Å². The third kappa shape index (κ3) is 2.96. The lowest BCUT2D eigenvalue weighted by molar-refractivity contribution is -0.0573. The first-order chi connectivity index (χ1) is 8.93. The number of hydrogen-bond acceptors (Lipinski definition) is 4. The molecule has 106 valence electrons. The Hall–Kier alpha value is -1.40. The Morgan fingerprint density at radius 3 is 2.63 bits per heavy atom. The number of rotatable bonds is 3. The van der Waals surface area contributed by atoms with Gasteiger partial charge in [0.25, 0.3) is 0 Å². The molecule has 0 aliphatic carbocycles. The zero-order valence-corrected chi connectivity index (χ0v) is 10.8. The van der Waals surface area contributed by atoms with Crippen LogP contribution in [0.4, 0.5) is 20.2 Å². The van der Waals surface area contributed by atoms with E-state index in [2.05, 4.69) is 0 Å². The van der Waals surface area contributed by atoms with Crippen LogP contribution in [0.1, 0.15) is 12.8 Å². The Balaban J connectivity index is 2.20. The maximum absolute atomic E-state index is 13.8. The van der Waals surface area contributed by atoms with E-state index in [9.17, 15) is 13.9 Å². The van der Waals surface area contributed by atoms with Crippen molar-refractivity contribution in [3.05, 3.63) is 23.8 Å². The van der Waals surface area contributed by atoms with E-state index in [1.54, 1.807) is 7.05 Å². The van der Waals surface area contributed by atoms with Crippen molar-refractivity contribution in [1.29, 1.82) is 0 Å². The van der Waals surface area contributed by atoms with Gasteiger partial charge in [-0.1, -0.05) is 0 Å². The van der Waals surface area contributed by atoms with E-state index in [0.29, 0.717) is 26.1 Å². The Morgan fingerprint density at radius 2 is 2.00 bits per heavy atom. The lowest BCUT2D eigenvalue weighted by Gasteiger charge is -2.36. The van der Waals surface area contributed by atoms with Crippen LogP contribution in [-0.2, 0) is 4.74 Å². The van der Waals surface area contributed by atoms with Crippen LogP contribution in [0.25, 0.3) is 0 Å². The summed E-state index contributed by atoms with van der Waals surface area (Å²) in [5.41, 5.74) is 4.86. The summed E-state index contributed by atoms with van der Waals surface area (Å²) in [6.45, 7) is 1.11. The van der Waals surface area contributed by atoms with E-state index in [-0.39, 0.29) is 17.9 Å². The molecule has 1 aliphatic rings. The first kappa shape index (κ1) is 14.0. The van der Waals surface area contributed by atoms with E-state index in [4.69, 9.17) is 10.5 Å². The van der Waals surface area contributed by atoms with Gasteiger partial charge in [0.05, 0.1) is 17.0 Å². The number of halogens is 2. The molecule has 0 amide bonds. The van der Waals surface area contributed by atoms with Crippen LogP contribution in [0.5, 0.6) is 0 Å². The van der Waals surface area contributed by atoms with Gasteiger partial charge in [0.2, 0.25) is 0 Å². The molecule has 1 aromatic carbocycles. The maximum Gasteiger partial charge on any atom is 0.184 e. The van der Waals surface area contributed by atoms with E-state index in [1.165, 1.54) is 11.0 Å². The molecule has 1 heterocycles. The molecule has 1 aromatic rings. The van der Waals surface area contributed by atoms with Crippen LogP contribution < -0.4 is 10.6 Å². The lowest BCUT2D eigenvalue weighted by atomic mass is 9.93. The number of nitrogens with two attached hydrogens (primary N) is 1. The molecule has 0 unspecified atom stereocenters. The molecular formula is C13H18F2N2O2. The van der Waals surface area contributed by atoms with Crippen LogP contribution >= 0.6 is 0 Å². The molecule has 0 bridgehead atoms. The SMILES string of the molecule is CN(CC1(O)CCOCC1)c1c(N)ccc(F)c1F. The van der Waals surface area contributed by atoms with E-state index in [0.717, 1.165) is 6.07 Å². The Labute approximate surface area is 110 Å². The minimum Gasteiger partial charge on any atom is -0.397 e. The largest absolute Gasteiger partial charge is 0.397 e. The normalized spacial score (nSPS) is 18.3. The molecular weight excluding hydrogens is 254 g/mol. The van der Waals surface area contributed by atoms with Crippen LogP contribution in [0.15, 0.2) is 12.1 Å². The van der Waals surface area contributed by atoms with Crippen molar-refractivity contribution >= 4 is 11.4 Å². The van der Waals surface area contributed by atoms with E-state index < -0.39 is 17.2 Å². The highest BCUT2D eigenvalue weighted by molar-refractivity contribution is 5.68. The van der Waals surface area contributed by atoms with Gasteiger partial charge in [-0.3, -0.25) is 0 Å². The summed E-state index contributed by atoms with van der Waals surface area (Å²) in [6.07, 6.45) is 0.933. The number of benzene rings is 1. The fraction of sp³-hybridized carbons (Fsp3) is 0.538. The quantitative estimate of drug-likeness (QED) is 0.819. The molecule has 0 radical (unpaired) electrons. The van der Waals surface area contributed by atoms with Crippen molar-refractivity contribution in [3.8, 4) is 0 Å². The van der Waals surface area contributed by atoms with Gasteiger partial charge in [0, 0.05) is 39.6 Å². The predicted octanol–water partition coefficient (Wildman–Crippen LogP) is 1.52. The van der Waals surface area contributed by atoms with E-state index in [1.807, 2.05) is 0 Å². The monoisotopic (exact) mass is 272 g/mol. The van der Waals surface area contributed by atoms with Gasteiger partial charge < -0.3 is 20.5 Å². The third-order valence-electron chi connectivity index (χ3n) is 3.44. The van der Waals surface area contributed by atoms with Gasteiger partial charge in [-0.2, -0.15) is 0 Å². The Kier molecular flexibility index (Phi) is 3.91. The van der Waals surface area contributed by atoms with Gasteiger partial charge in [-0.15, -0.1) is 0 Å². The number of anilines is 2. The number of nitrogen functional groups attached to an aromatic ring is 1. The summed E-state index contributed by atoms with van der Waals surface area (Å²) in [7, 11) is 1.58. The lowest BCUT2D eigenvalue weighted by Crippen LogP contribution is -2.46. The van der Waals surface area contributed by atoms with Gasteiger partial charge in [0.15, 0.2) is 11.6 Å². The summed E-state index contributed by atoms with van der Waals surface area (Å²) < 4.78 is 32.2. The summed E-state index contributed by atoms with van der Waals surface area (Å²) in [4.78, 5) is 1.46. The second kappa shape index (κ2) is 5.30. The van der Waals surface area contributed by atoms with Crippen molar-refractivity contribution in [1.82, 2.24) is 0 Å². The molecule has 1 fully saturated rings. The first-order valence-electron chi connectivity index (χ1n) is 6.18. The third-order valence-corrected chi connectivity index (χ3v) is 3.44. The van der Waals surface area contributed by atoms with Crippen molar-refractivity contribution < 1.29 is 18.6 Å². The van der Waals surface area contributed by atoms with Gasteiger partial charge in [-0.25, -0.2) is 8.78 Å². The highest BCUT2D eigenvalue weighted by Crippen LogP contribution is 2.30. The Bertz CT molecular complexity index is 462. The summed E-state index contributed by atoms with van der Waals surface area (Å²) in [5.74, 6) is -1.94. The fourth-order valence-electron chi connectivity index (χ4n) is 2.37. The molecule has 0 aromatic heterocycles. The van der Waals surface area contributed by atoms with Crippen LogP contribution in [0, 0.1) is 11.6 Å². The smallest absolute Gasteiger partial charge is 0.184 e. The van der Waals surface area contributed by atoms with Crippen molar-refractivity contribution in [2.24, 2.45) is 0 Å². The summed E-state index contributed by atoms with van der Waals surface area (Å²) >= 11 is 0. The van der Waals surface area contributed by atoms with Gasteiger partial charge in [-0.05, 0) is 12.1 Å². The standard InChI is InChI=1S/C13H18F2N2O2/c1-17(8-13(18)4-6-19-7-5-13)12-10(16)3-2-9(14)11(12)15/h2-3,18H,4-8,16H2,1H3. The van der Waals surface area contributed by atoms with Crippen molar-refractivity contribution in [3.63, 3.8) is 0 Å². The van der Waals surface area contributed by atoms with Crippen LogP contribution in [0.3, 0.4) is 0 Å². The average molecular weight is 272 g/mol. The number of likely N-dealkylation sites (N-methyl/N-ethyl adjacent to an activating group) is 1. The average Bonchev–Trinajstić information content (AvgIpc) is 2.34. The maximum atomic E-state index is 13.8. The van der Waals surface area contributed by atoms with E-state index >= 15 is 0 Å². The van der Waals surface area contributed by atoms with Gasteiger partial charge in [0.1, 0.15) is 0 Å². The number of hydrogen-bond donors (Lipinski definition) is 2. The highest BCUT2D eigenvalue weighted by atomic mass is 19.2. The Morgan fingerprint density at radius 1 is 1.37 bits per heavy atom. The zero-order valence-electron chi connectivity index (χ0n) is 10.8. The minimum atomic E-state index is -0.988. The second-order valence-corrected chi connectivity index (χ2v) is 4.99.